The predicted molar refractivity (Wildman–Crippen MR) is 130 cm³/mol. The van der Waals surface area contributed by atoms with Gasteiger partial charge >= 0.3 is 6.18 Å². The summed E-state index contributed by atoms with van der Waals surface area (Å²) in [5.74, 6) is 1.69. The average molecular weight is 499 g/mol. The van der Waals surface area contributed by atoms with Gasteiger partial charge in [0.2, 0.25) is 0 Å². The molecule has 0 N–H and O–H groups in total. The number of rotatable bonds is 7. The van der Waals surface area contributed by atoms with Crippen molar-refractivity contribution < 1.29 is 22.6 Å². The molecule has 1 aliphatic rings. The minimum atomic E-state index is -4.53. The number of halogens is 3. The minimum absolute atomic E-state index is 0.0894. The second kappa shape index (κ2) is 9.22. The lowest BCUT2D eigenvalue weighted by Gasteiger charge is -2.13. The molecule has 2 heterocycles. The molecule has 0 unspecified atom stereocenters. The molecule has 1 fully saturated rings. The first-order valence-electron chi connectivity index (χ1n) is 11.0. The number of hydrogen-bond acceptors (Lipinski definition) is 5. The Balaban J connectivity index is 1.62. The highest BCUT2D eigenvalue weighted by Crippen LogP contribution is 2.37. The van der Waals surface area contributed by atoms with Crippen molar-refractivity contribution in [1.29, 1.82) is 0 Å². The summed E-state index contributed by atoms with van der Waals surface area (Å²) in [6, 6.07) is 10.2. The number of hydrogen-bond donors (Lipinski definition) is 0. The van der Waals surface area contributed by atoms with Crippen molar-refractivity contribution in [3.63, 3.8) is 0 Å². The zero-order valence-electron chi connectivity index (χ0n) is 18.7. The molecule has 0 atom stereocenters. The van der Waals surface area contributed by atoms with Crippen LogP contribution >= 0.6 is 11.3 Å². The minimum Gasteiger partial charge on any atom is -0.493 e. The number of nitrogens with zero attached hydrogens (tertiary/aromatic N) is 2. The molecule has 5 nitrogen and oxygen atoms in total. The number of alkyl halides is 3. The first kappa shape index (κ1) is 23.2. The summed E-state index contributed by atoms with van der Waals surface area (Å²) in [6.45, 7) is 0.581. The lowest BCUT2D eigenvalue weighted by Crippen LogP contribution is -2.17. The molecule has 0 radical (unpaired) electrons. The molecule has 0 saturated heterocycles. The predicted octanol–water partition coefficient (Wildman–Crippen LogP) is 6.41. The molecule has 180 valence electrons. The fourth-order valence-electron chi connectivity index (χ4n) is 3.77. The van der Waals surface area contributed by atoms with Crippen LogP contribution in [0.15, 0.2) is 58.8 Å². The third kappa shape index (κ3) is 4.81. The van der Waals surface area contributed by atoms with Crippen molar-refractivity contribution >= 4 is 28.4 Å². The van der Waals surface area contributed by atoms with Crippen LogP contribution in [-0.2, 0) is 6.18 Å². The van der Waals surface area contributed by atoms with Crippen LogP contribution in [-0.4, -0.2) is 23.1 Å². The van der Waals surface area contributed by atoms with E-state index in [0.717, 1.165) is 25.0 Å². The Labute approximate surface area is 203 Å². The van der Waals surface area contributed by atoms with E-state index >= 15 is 0 Å². The second-order valence-corrected chi connectivity index (χ2v) is 9.15. The lowest BCUT2D eigenvalue weighted by atomic mass is 10.0. The van der Waals surface area contributed by atoms with E-state index in [1.54, 1.807) is 36.9 Å². The fourth-order valence-corrected chi connectivity index (χ4v) is 4.49. The molecule has 2 aromatic heterocycles. The smallest absolute Gasteiger partial charge is 0.416 e. The van der Waals surface area contributed by atoms with Crippen LogP contribution < -0.4 is 15.0 Å². The van der Waals surface area contributed by atoms with Gasteiger partial charge in [-0.05, 0) is 54.7 Å². The molecule has 2 aromatic carbocycles. The largest absolute Gasteiger partial charge is 0.493 e. The van der Waals surface area contributed by atoms with Crippen LogP contribution in [0.5, 0.6) is 11.5 Å². The van der Waals surface area contributed by atoms with Gasteiger partial charge in [-0.2, -0.15) is 13.2 Å². The Morgan fingerprint density at radius 1 is 1.17 bits per heavy atom. The number of para-hydroxylation sites is 1. The summed E-state index contributed by atoms with van der Waals surface area (Å²) in [6.07, 6.45) is 2.68. The molecule has 5 rings (SSSR count). The van der Waals surface area contributed by atoms with E-state index in [4.69, 9.17) is 9.47 Å². The number of thiazole rings is 1. The fraction of sp³-hybridized carbons (Fsp3) is 0.231. The summed E-state index contributed by atoms with van der Waals surface area (Å²) in [4.78, 5) is 18.3. The molecule has 1 saturated carbocycles. The van der Waals surface area contributed by atoms with Crippen molar-refractivity contribution in [2.24, 2.45) is 5.92 Å². The number of benzene rings is 2. The van der Waals surface area contributed by atoms with Gasteiger partial charge in [0.1, 0.15) is 0 Å². The molecule has 4 aromatic rings. The lowest BCUT2D eigenvalue weighted by molar-refractivity contribution is -0.137. The van der Waals surface area contributed by atoms with Gasteiger partial charge in [0.05, 0.1) is 30.5 Å². The molecule has 0 bridgehead atoms. The molecule has 0 spiro atoms. The normalized spacial score (nSPS) is 14.1. The van der Waals surface area contributed by atoms with Gasteiger partial charge in [-0.3, -0.25) is 9.20 Å². The maximum Gasteiger partial charge on any atom is 0.416 e. The molecular weight excluding hydrogens is 477 g/mol. The van der Waals surface area contributed by atoms with Gasteiger partial charge in [-0.1, -0.05) is 24.3 Å². The van der Waals surface area contributed by atoms with Crippen LogP contribution in [0.25, 0.3) is 28.2 Å². The topological polar surface area (TPSA) is 52.8 Å². The van der Waals surface area contributed by atoms with E-state index in [0.29, 0.717) is 34.5 Å². The second-order valence-electron chi connectivity index (χ2n) is 8.28. The Morgan fingerprint density at radius 2 is 1.97 bits per heavy atom. The monoisotopic (exact) mass is 498 g/mol. The zero-order chi connectivity index (χ0) is 24.6. The van der Waals surface area contributed by atoms with E-state index in [-0.39, 0.29) is 16.8 Å². The van der Waals surface area contributed by atoms with Gasteiger partial charge < -0.3 is 9.47 Å². The Morgan fingerprint density at radius 3 is 2.71 bits per heavy atom. The van der Waals surface area contributed by atoms with E-state index in [1.165, 1.54) is 27.9 Å². The summed E-state index contributed by atoms with van der Waals surface area (Å²) >= 11 is 1.27. The van der Waals surface area contributed by atoms with E-state index in [2.05, 4.69) is 4.98 Å². The van der Waals surface area contributed by atoms with E-state index < -0.39 is 17.3 Å². The molecular formula is C26H21F3N2O3S. The number of ether oxygens (including phenoxy) is 2. The van der Waals surface area contributed by atoms with Crippen LogP contribution in [0, 0.1) is 5.92 Å². The standard InChI is InChI=1S/C26H21F3N2O3S/c1-33-21-7-3-4-17(23(21)34-15-16-8-9-16)10-11-20-22(24(32)31-12-13-35-25(31)30-20)18-5-2-6-19(14-18)26(27,28)29/h2-7,10-14,16H,8-9,15H2,1H3. The molecule has 35 heavy (non-hydrogen) atoms. The third-order valence-corrected chi connectivity index (χ3v) is 6.54. The van der Waals surface area contributed by atoms with Crippen molar-refractivity contribution in [2.75, 3.05) is 13.7 Å². The first-order chi connectivity index (χ1) is 16.8. The quantitative estimate of drug-likeness (QED) is 0.296. The van der Waals surface area contributed by atoms with Crippen LogP contribution in [0.3, 0.4) is 0 Å². The highest BCUT2D eigenvalue weighted by Gasteiger charge is 2.31. The Kier molecular flexibility index (Phi) is 6.10. The number of fused-ring (bicyclic) bond motifs is 1. The van der Waals surface area contributed by atoms with Gasteiger partial charge in [0.15, 0.2) is 16.5 Å². The summed E-state index contributed by atoms with van der Waals surface area (Å²) in [7, 11) is 1.56. The van der Waals surface area contributed by atoms with Gasteiger partial charge in [0, 0.05) is 17.1 Å². The summed E-state index contributed by atoms with van der Waals surface area (Å²) in [5, 5.41) is 1.71. The number of aromatic nitrogens is 2. The highest BCUT2D eigenvalue weighted by atomic mass is 32.1. The average Bonchev–Trinajstić information content (AvgIpc) is 3.55. The summed E-state index contributed by atoms with van der Waals surface area (Å²) in [5.41, 5.74) is -0.0460. The SMILES string of the molecule is COc1cccc(C=Cc2nc3sccn3c(=O)c2-c2cccc(C(F)(F)F)c2)c1OCC1CC1. The number of methoxy groups -OCH3 is 1. The van der Waals surface area contributed by atoms with Crippen LogP contribution in [0.1, 0.15) is 29.7 Å². The molecule has 9 heteroatoms. The Hall–Kier alpha value is -3.59. The van der Waals surface area contributed by atoms with Crippen molar-refractivity contribution in [3.8, 4) is 22.6 Å². The zero-order valence-corrected chi connectivity index (χ0v) is 19.5. The van der Waals surface area contributed by atoms with Gasteiger partial charge in [-0.25, -0.2) is 4.98 Å². The Bertz CT molecular complexity index is 1470. The van der Waals surface area contributed by atoms with E-state index in [1.807, 2.05) is 12.1 Å². The summed E-state index contributed by atoms with van der Waals surface area (Å²) < 4.78 is 52.9. The van der Waals surface area contributed by atoms with E-state index in [9.17, 15) is 18.0 Å². The first-order valence-corrected chi connectivity index (χ1v) is 11.9. The van der Waals surface area contributed by atoms with Crippen molar-refractivity contribution in [3.05, 3.63) is 81.2 Å². The van der Waals surface area contributed by atoms with Gasteiger partial charge in [-0.15, -0.1) is 11.3 Å². The third-order valence-electron chi connectivity index (χ3n) is 5.78. The molecule has 0 amide bonds. The molecule has 0 aliphatic heterocycles. The van der Waals surface area contributed by atoms with Gasteiger partial charge in [0.25, 0.3) is 5.56 Å². The maximum atomic E-state index is 13.4. The van der Waals surface area contributed by atoms with Crippen molar-refractivity contribution in [1.82, 2.24) is 9.38 Å². The van der Waals surface area contributed by atoms with Crippen LogP contribution in [0.2, 0.25) is 0 Å². The van der Waals surface area contributed by atoms with Crippen molar-refractivity contribution in [2.45, 2.75) is 19.0 Å². The molecule has 1 aliphatic carbocycles. The maximum absolute atomic E-state index is 13.4. The highest BCUT2D eigenvalue weighted by molar-refractivity contribution is 7.15. The van der Waals surface area contributed by atoms with Crippen LogP contribution in [0.4, 0.5) is 13.2 Å².